The number of nitrogens with two attached hydrogens (primary N) is 2. The number of nitriles is 1. The zero-order valence-electron chi connectivity index (χ0n) is 78.2. The minimum absolute atomic E-state index is 0. The second-order valence-corrected chi connectivity index (χ2v) is 38.6. The van der Waals surface area contributed by atoms with Gasteiger partial charge in [0.05, 0.1) is 78.8 Å². The first-order valence-corrected chi connectivity index (χ1v) is 48.4. The van der Waals surface area contributed by atoms with Gasteiger partial charge in [0.1, 0.15) is 11.2 Å². The third-order valence-electron chi connectivity index (χ3n) is 20.8. The molecule has 2 heterocycles. The van der Waals surface area contributed by atoms with Crippen LogP contribution in [0, 0.1) is 31.0 Å². The molecule has 14 aromatic rings. The Labute approximate surface area is 862 Å². The second-order valence-electron chi connectivity index (χ2n) is 33.1. The predicted molar refractivity (Wildman–Crippen MR) is 569 cm³/mol. The van der Waals surface area contributed by atoms with Crippen LogP contribution in [0.5, 0.6) is 0 Å². The lowest BCUT2D eigenvalue weighted by Crippen LogP contribution is -2.32. The number of nitrogens with zero attached hydrogens (tertiary/aromatic N) is 4. The van der Waals surface area contributed by atoms with Crippen molar-refractivity contribution in [3.63, 3.8) is 0 Å². The van der Waals surface area contributed by atoms with Crippen molar-refractivity contribution in [2.75, 3.05) is 16.0 Å². The molecule has 34 heteroatoms. The molecule has 0 aliphatic carbocycles. The van der Waals surface area contributed by atoms with Gasteiger partial charge < -0.3 is 62.9 Å². The number of sulfone groups is 2. The van der Waals surface area contributed by atoms with Crippen LogP contribution in [0.1, 0.15) is 122 Å². The van der Waals surface area contributed by atoms with E-state index in [1.165, 1.54) is 72.8 Å². The third kappa shape index (κ3) is 33.6. The van der Waals surface area contributed by atoms with Gasteiger partial charge in [-0.1, -0.05) is 259 Å². The smallest absolute Gasteiger partial charge is 0.444 e. The molecule has 14 aromatic carbocycles. The number of rotatable bonds is 17. The van der Waals surface area contributed by atoms with Gasteiger partial charge in [-0.05, 0) is 210 Å². The fourth-order valence-electron chi connectivity index (χ4n) is 13.6. The Kier molecular flexibility index (Phi) is 42.8. The molecule has 730 valence electrons. The fraction of sp³-hybridized carbons (Fsp3) is 0.138. The summed E-state index contributed by atoms with van der Waals surface area (Å²) in [5.41, 5.74) is 28.3. The first-order valence-electron chi connectivity index (χ1n) is 43.6. The molecule has 0 unspecified atom stereocenters. The fourth-order valence-corrected chi connectivity index (χ4v) is 17.0. The zero-order valence-corrected chi connectivity index (χ0v) is 84.6. The number of halogens is 5. The maximum atomic E-state index is 13.1. The molecule has 2 aliphatic rings. The summed E-state index contributed by atoms with van der Waals surface area (Å²) < 4.78 is 63.8. The summed E-state index contributed by atoms with van der Waals surface area (Å²) in [5, 5.41) is 42.8. The van der Waals surface area contributed by atoms with Gasteiger partial charge in [0, 0.05) is 54.9 Å². The van der Waals surface area contributed by atoms with Gasteiger partial charge in [-0.3, -0.25) is 19.2 Å². The van der Waals surface area contributed by atoms with Crippen molar-refractivity contribution in [1.82, 2.24) is 21.3 Å². The van der Waals surface area contributed by atoms with Crippen LogP contribution in [0.4, 0.5) is 38.0 Å². The summed E-state index contributed by atoms with van der Waals surface area (Å²) in [5.74, 6) is -1.87. The van der Waals surface area contributed by atoms with Crippen LogP contribution in [0.25, 0.3) is 59.0 Å². The van der Waals surface area contributed by atoms with Gasteiger partial charge in [-0.2, -0.15) is 5.26 Å². The lowest BCUT2D eigenvalue weighted by molar-refractivity contribution is 0.0512. The standard InChI is InChI=1S/C28H23N3O4S.C28H19N3O4S.C19H20N2O2.C14H12N2.C12H16BrNO2.C7H6BNO2.CH2Cl2.2ClH/c2*29-16-18-5-9-20(10-6-18)21-11-7-19(8-12-21)17-30-27(32)22-13-14-26-24(15-22)31-28(33)23-3-1-2-4-25(23)36(26,34)35;1-19(2,3)23-18(22)21-13-14-5-7-15(8-6-14)16-9-11-17(20-4)12-10-16;1-16-14-8-6-13(7-9-14)12-4-2-11(10-15)3-5-12;1-12(2,3)16-11(15)14-8-9-4-6-10(13)7-5-9;1-9-7-4-2-6(3-5-7)8(10)11;2-1-3;;/h1-15H,16-17,29H2,(H,30,32)(H,31,33);1-15H,17H2,(H,30,32)(H,31,33);5-12H,13H2,1-3H3,(H,21,22);2-9H,10,15H2;4-7H,8H2,1-3H3,(H,14,15);2-5,10-11H;1H2;2*1H. The van der Waals surface area contributed by atoms with Crippen molar-refractivity contribution in [2.45, 2.75) is 112 Å². The predicted octanol–water partition coefficient (Wildman–Crippen LogP) is 22.6. The van der Waals surface area contributed by atoms with E-state index in [-0.39, 0.29) is 95.8 Å². The topological polar surface area (TPSA) is 391 Å². The number of carbonyl (C=O) groups is 6. The number of hydrogen-bond donors (Lipinski definition) is 10. The Bertz CT molecular complexity index is 7180. The van der Waals surface area contributed by atoms with E-state index >= 15 is 0 Å². The number of hydrogen-bond acceptors (Lipinski definition) is 17. The summed E-state index contributed by atoms with van der Waals surface area (Å²) in [7, 11) is -9.30. The SMILES string of the molecule is CC(C)(C)OC(=O)NCc1ccc(Br)cc1.Cl.Cl.ClCCl.N#Cc1ccc(-c2ccc(CNC(=O)c3ccc4c(c3)NC(=O)c3ccccc3S4(=O)=O)cc2)cc1.NCc1ccc(-c2ccc(CNC(=O)c3ccc4c(c3)NC(=O)c3ccccc3S4(=O)=O)cc2)cc1.[C-]#[N+]c1ccc(-c2ccc(CN)cc2)cc1.[C-]#[N+]c1ccc(-c2ccc(CNC(=O)OC(C)(C)C)cc2)cc1.[C-]#[N+]c1ccc(B(O)O)cc1. The Morgan fingerprint density at radius 1 is 0.406 bits per heavy atom. The molecule has 2 aliphatic heterocycles. The maximum Gasteiger partial charge on any atom is 0.488 e. The van der Waals surface area contributed by atoms with Gasteiger partial charge in [0.25, 0.3) is 23.6 Å². The van der Waals surface area contributed by atoms with E-state index in [1.807, 2.05) is 224 Å². The summed E-state index contributed by atoms with van der Waals surface area (Å²) in [6, 6.07) is 98.3. The Morgan fingerprint density at radius 3 is 0.951 bits per heavy atom. The van der Waals surface area contributed by atoms with E-state index in [0.717, 1.165) is 82.4 Å². The van der Waals surface area contributed by atoms with Gasteiger partial charge in [0.2, 0.25) is 19.7 Å². The molecule has 0 atom stereocenters. The number of anilines is 2. The number of nitrogens with one attached hydrogen (secondary N) is 6. The normalized spacial score (nSPS) is 11.6. The van der Waals surface area contributed by atoms with Crippen molar-refractivity contribution >= 4 is 160 Å². The van der Waals surface area contributed by atoms with Gasteiger partial charge in [0.15, 0.2) is 17.1 Å². The highest BCUT2D eigenvalue weighted by Gasteiger charge is 2.34. The van der Waals surface area contributed by atoms with Crippen molar-refractivity contribution < 1.29 is 65.1 Å². The molecule has 0 saturated carbocycles. The number of benzene rings is 14. The summed E-state index contributed by atoms with van der Waals surface area (Å²) in [6.45, 7) is 34.0. The van der Waals surface area contributed by atoms with E-state index in [2.05, 4.69) is 80.6 Å². The molecule has 0 radical (unpaired) electrons. The first kappa shape index (κ1) is 113. The van der Waals surface area contributed by atoms with E-state index in [0.29, 0.717) is 60.8 Å². The molecular weight excluding hydrogens is 2000 g/mol. The first-order chi connectivity index (χ1) is 67.4. The minimum Gasteiger partial charge on any atom is -0.444 e. The molecule has 16 rings (SSSR count). The average molecular weight is 2100 g/mol. The average Bonchev–Trinajstić information content (AvgIpc) is 1.63. The highest BCUT2D eigenvalue weighted by atomic mass is 79.9. The van der Waals surface area contributed by atoms with E-state index in [9.17, 15) is 45.6 Å². The van der Waals surface area contributed by atoms with Gasteiger partial charge in [-0.15, -0.1) is 48.0 Å². The van der Waals surface area contributed by atoms with E-state index in [1.54, 1.807) is 60.7 Å². The number of amides is 6. The number of ether oxygens (including phenoxy) is 2. The molecule has 26 nitrogen and oxygen atoms in total. The van der Waals surface area contributed by atoms with Crippen molar-refractivity contribution in [3.05, 3.63) is 428 Å². The number of alkyl halides is 2. The summed E-state index contributed by atoms with van der Waals surface area (Å²) >= 11 is 12.9. The van der Waals surface area contributed by atoms with Gasteiger partial charge >= 0.3 is 19.3 Å². The molecule has 12 N–H and O–H groups in total. The highest BCUT2D eigenvalue weighted by molar-refractivity contribution is 9.10. The number of alkyl carbamates (subject to hydrolysis) is 2. The Morgan fingerprint density at radius 2 is 0.671 bits per heavy atom. The van der Waals surface area contributed by atoms with Crippen LogP contribution < -0.4 is 48.8 Å². The largest absolute Gasteiger partial charge is 0.488 e. The lowest BCUT2D eigenvalue weighted by Gasteiger charge is -2.19. The molecule has 0 bridgehead atoms. The van der Waals surface area contributed by atoms with Crippen molar-refractivity contribution in [1.29, 1.82) is 5.26 Å². The molecule has 143 heavy (non-hydrogen) atoms. The summed E-state index contributed by atoms with van der Waals surface area (Å²) in [4.78, 5) is 83.5. The van der Waals surface area contributed by atoms with Crippen LogP contribution in [-0.4, -0.2) is 86.4 Å². The van der Waals surface area contributed by atoms with Crippen LogP contribution >= 0.6 is 63.9 Å². The lowest BCUT2D eigenvalue weighted by atomic mass is 9.80. The van der Waals surface area contributed by atoms with Crippen LogP contribution in [0.3, 0.4) is 0 Å². The number of carbonyl (C=O) groups excluding carboxylic acids is 6. The molecule has 0 saturated heterocycles. The molecule has 0 fully saturated rings. The quantitative estimate of drug-likeness (QED) is 0.0230. The molecule has 6 amide bonds. The highest BCUT2D eigenvalue weighted by Crippen LogP contribution is 2.37. The van der Waals surface area contributed by atoms with E-state index < -0.39 is 67.9 Å². The summed E-state index contributed by atoms with van der Waals surface area (Å²) in [6.07, 6.45) is -0.813. The van der Waals surface area contributed by atoms with Crippen LogP contribution in [-0.2, 0) is 68.4 Å². The zero-order chi connectivity index (χ0) is 102. The van der Waals surface area contributed by atoms with Crippen LogP contribution in [0.15, 0.2) is 352 Å². The van der Waals surface area contributed by atoms with Crippen LogP contribution in [0.2, 0.25) is 0 Å². The monoisotopic (exact) mass is 2090 g/mol. The third-order valence-corrected chi connectivity index (χ3v) is 25.1. The molecule has 0 spiro atoms. The minimum atomic E-state index is -3.93. The van der Waals surface area contributed by atoms with Crippen molar-refractivity contribution in [3.8, 4) is 50.6 Å². The molecule has 0 aromatic heterocycles. The van der Waals surface area contributed by atoms with Gasteiger partial charge in [-0.25, -0.2) is 41.0 Å². The Balaban J connectivity index is 0.000000218. The second kappa shape index (κ2) is 54.1. The van der Waals surface area contributed by atoms with E-state index in [4.69, 9.17) is 79.2 Å². The molecular formula is C109H100BBrCl4N12O14S2. The Hall–Kier alpha value is -15.1. The van der Waals surface area contributed by atoms with Crippen molar-refractivity contribution in [2.24, 2.45) is 11.5 Å². The number of fused-ring (bicyclic) bond motifs is 4. The maximum absolute atomic E-state index is 13.1.